The molecule has 9 nitrogen and oxygen atoms in total. The van der Waals surface area contributed by atoms with Crippen LogP contribution in [0.2, 0.25) is 0 Å². The number of nitrogens with zero attached hydrogens (tertiary/aromatic N) is 3. The van der Waals surface area contributed by atoms with Crippen LogP contribution in [0.5, 0.6) is 0 Å². The molecule has 3 heterocycles. The number of sulfonamides is 1. The second-order valence-corrected chi connectivity index (χ2v) is 14.5. The standard InChI is InChI=1S/C29H40N4O5S2/c1-19(2)16-33(17-20(3)4)40(37,38)23-10-8-22(9-11-23)27(35)30-28-26(29(36)31-13-6-7-14-31)24-12-15-32(21(5)34)18-25(24)39-28/h8-11,19-20H,6-7,12-18H2,1-5H3,(H,30,35). The number of anilines is 1. The highest BCUT2D eigenvalue weighted by Crippen LogP contribution is 2.38. The highest BCUT2D eigenvalue weighted by Gasteiger charge is 2.33. The van der Waals surface area contributed by atoms with E-state index < -0.39 is 15.9 Å². The lowest BCUT2D eigenvalue weighted by Crippen LogP contribution is -2.37. The van der Waals surface area contributed by atoms with Gasteiger partial charge in [-0.25, -0.2) is 8.42 Å². The van der Waals surface area contributed by atoms with Gasteiger partial charge in [0.2, 0.25) is 15.9 Å². The van der Waals surface area contributed by atoms with Crippen molar-refractivity contribution in [2.75, 3.05) is 38.0 Å². The lowest BCUT2D eigenvalue weighted by molar-refractivity contribution is -0.129. The Morgan fingerprint density at radius 1 is 0.950 bits per heavy atom. The summed E-state index contributed by atoms with van der Waals surface area (Å²) >= 11 is 1.34. The van der Waals surface area contributed by atoms with E-state index in [1.165, 1.54) is 46.8 Å². The second-order valence-electron chi connectivity index (χ2n) is 11.5. The predicted molar refractivity (Wildman–Crippen MR) is 157 cm³/mol. The van der Waals surface area contributed by atoms with Gasteiger partial charge in [-0.1, -0.05) is 27.7 Å². The Morgan fingerprint density at radius 3 is 2.10 bits per heavy atom. The van der Waals surface area contributed by atoms with Gasteiger partial charge in [0.25, 0.3) is 11.8 Å². The molecule has 1 saturated heterocycles. The fourth-order valence-corrected chi connectivity index (χ4v) is 8.27. The van der Waals surface area contributed by atoms with E-state index in [1.807, 2.05) is 32.6 Å². The van der Waals surface area contributed by atoms with Crippen molar-refractivity contribution in [3.8, 4) is 0 Å². The van der Waals surface area contributed by atoms with E-state index in [0.717, 1.165) is 23.3 Å². The zero-order valence-corrected chi connectivity index (χ0v) is 25.7. The lowest BCUT2D eigenvalue weighted by Gasteiger charge is -2.26. The predicted octanol–water partition coefficient (Wildman–Crippen LogP) is 4.44. The molecule has 0 atom stereocenters. The Kier molecular flexibility index (Phi) is 9.36. The monoisotopic (exact) mass is 588 g/mol. The molecule has 4 rings (SSSR count). The number of fused-ring (bicyclic) bond motifs is 1. The maximum Gasteiger partial charge on any atom is 0.257 e. The summed E-state index contributed by atoms with van der Waals surface area (Å²) < 4.78 is 28.2. The van der Waals surface area contributed by atoms with Crippen molar-refractivity contribution in [2.45, 2.75) is 65.3 Å². The van der Waals surface area contributed by atoms with E-state index in [2.05, 4.69) is 5.32 Å². The van der Waals surface area contributed by atoms with Crippen molar-refractivity contribution in [2.24, 2.45) is 11.8 Å². The summed E-state index contributed by atoms with van der Waals surface area (Å²) in [7, 11) is -3.71. The molecule has 0 radical (unpaired) electrons. The molecule has 0 aliphatic carbocycles. The number of thiophene rings is 1. The zero-order valence-electron chi connectivity index (χ0n) is 24.0. The van der Waals surface area contributed by atoms with Crippen molar-refractivity contribution in [3.05, 3.63) is 45.8 Å². The zero-order chi connectivity index (χ0) is 29.2. The molecule has 2 aliphatic heterocycles. The van der Waals surface area contributed by atoms with Crippen molar-refractivity contribution in [1.29, 1.82) is 0 Å². The van der Waals surface area contributed by atoms with Crippen molar-refractivity contribution in [1.82, 2.24) is 14.1 Å². The number of hydrogen-bond donors (Lipinski definition) is 1. The summed E-state index contributed by atoms with van der Waals surface area (Å²) in [6.07, 6.45) is 2.48. The summed E-state index contributed by atoms with van der Waals surface area (Å²) in [5.74, 6) is -0.168. The van der Waals surface area contributed by atoms with Gasteiger partial charge in [0.05, 0.1) is 17.0 Å². The normalized spacial score (nSPS) is 15.7. The van der Waals surface area contributed by atoms with Crippen molar-refractivity contribution in [3.63, 3.8) is 0 Å². The van der Waals surface area contributed by atoms with E-state index in [1.54, 1.807) is 4.90 Å². The Hall–Kier alpha value is -2.76. The summed E-state index contributed by atoms with van der Waals surface area (Å²) in [5.41, 5.74) is 1.73. The molecular formula is C29H40N4O5S2. The highest BCUT2D eigenvalue weighted by atomic mass is 32.2. The molecule has 0 unspecified atom stereocenters. The van der Waals surface area contributed by atoms with Gasteiger partial charge in [-0.3, -0.25) is 14.4 Å². The minimum absolute atomic E-state index is 0.0209. The van der Waals surface area contributed by atoms with Crippen LogP contribution in [0.1, 0.15) is 78.6 Å². The van der Waals surface area contributed by atoms with Crippen LogP contribution in [-0.2, 0) is 27.8 Å². The third-order valence-corrected chi connectivity index (χ3v) is 10.2. The summed E-state index contributed by atoms with van der Waals surface area (Å²) in [6, 6.07) is 5.97. The largest absolute Gasteiger partial charge is 0.339 e. The molecule has 1 N–H and O–H groups in total. The molecule has 0 bridgehead atoms. The molecule has 218 valence electrons. The Balaban J connectivity index is 1.59. The minimum atomic E-state index is -3.71. The molecule has 3 amide bonds. The van der Waals surface area contributed by atoms with E-state index in [9.17, 15) is 22.8 Å². The van der Waals surface area contributed by atoms with Crippen LogP contribution in [0.15, 0.2) is 29.2 Å². The summed E-state index contributed by atoms with van der Waals surface area (Å²) in [6.45, 7) is 12.6. The topological polar surface area (TPSA) is 107 Å². The van der Waals surface area contributed by atoms with Crippen LogP contribution >= 0.6 is 11.3 Å². The number of benzene rings is 1. The van der Waals surface area contributed by atoms with Gasteiger partial charge in [0.1, 0.15) is 5.00 Å². The fourth-order valence-electron chi connectivity index (χ4n) is 5.25. The van der Waals surface area contributed by atoms with Crippen LogP contribution in [0.25, 0.3) is 0 Å². The molecule has 2 aliphatic rings. The number of nitrogens with one attached hydrogen (secondary N) is 1. The Bertz CT molecular complexity index is 1350. The molecular weight excluding hydrogens is 548 g/mol. The van der Waals surface area contributed by atoms with Gasteiger partial charge < -0.3 is 15.1 Å². The first-order valence-electron chi connectivity index (χ1n) is 14.0. The van der Waals surface area contributed by atoms with E-state index in [4.69, 9.17) is 0 Å². The molecule has 0 saturated carbocycles. The third kappa shape index (κ3) is 6.58. The number of carbonyl (C=O) groups is 3. The fraction of sp³-hybridized carbons (Fsp3) is 0.552. The average Bonchev–Trinajstić information content (AvgIpc) is 3.55. The van der Waals surface area contributed by atoms with Crippen molar-refractivity contribution >= 4 is 44.1 Å². The SMILES string of the molecule is CC(=O)N1CCc2c(sc(NC(=O)c3ccc(S(=O)(=O)N(CC(C)C)CC(C)C)cc3)c2C(=O)N2CCCC2)C1. The van der Waals surface area contributed by atoms with Gasteiger partial charge in [0, 0.05) is 50.1 Å². The first-order valence-corrected chi connectivity index (χ1v) is 16.2. The Morgan fingerprint density at radius 2 is 1.55 bits per heavy atom. The number of carbonyl (C=O) groups excluding carboxylic acids is 3. The number of amides is 3. The maximum absolute atomic E-state index is 13.5. The quantitative estimate of drug-likeness (QED) is 0.466. The molecule has 11 heteroatoms. The van der Waals surface area contributed by atoms with Gasteiger partial charge >= 0.3 is 0 Å². The minimum Gasteiger partial charge on any atom is -0.339 e. The molecule has 1 aromatic carbocycles. The van der Waals surface area contributed by atoms with Crippen LogP contribution < -0.4 is 5.32 Å². The smallest absolute Gasteiger partial charge is 0.257 e. The van der Waals surface area contributed by atoms with Gasteiger partial charge in [-0.15, -0.1) is 11.3 Å². The van der Waals surface area contributed by atoms with E-state index in [-0.39, 0.29) is 28.5 Å². The number of likely N-dealkylation sites (tertiary alicyclic amines) is 1. The molecule has 1 fully saturated rings. The first-order chi connectivity index (χ1) is 18.9. The highest BCUT2D eigenvalue weighted by molar-refractivity contribution is 7.89. The van der Waals surface area contributed by atoms with Gasteiger partial charge in [0.15, 0.2) is 0 Å². The molecule has 40 heavy (non-hydrogen) atoms. The molecule has 0 spiro atoms. The van der Waals surface area contributed by atoms with Crippen LogP contribution in [0.3, 0.4) is 0 Å². The second kappa shape index (κ2) is 12.4. The van der Waals surface area contributed by atoms with Gasteiger partial charge in [-0.05, 0) is 60.9 Å². The van der Waals surface area contributed by atoms with Crippen LogP contribution in [0.4, 0.5) is 5.00 Å². The summed E-state index contributed by atoms with van der Waals surface area (Å²) in [5, 5.41) is 3.42. The maximum atomic E-state index is 13.5. The third-order valence-electron chi connectivity index (χ3n) is 7.23. The number of rotatable bonds is 9. The van der Waals surface area contributed by atoms with Crippen molar-refractivity contribution < 1.29 is 22.8 Å². The van der Waals surface area contributed by atoms with Gasteiger partial charge in [-0.2, -0.15) is 4.31 Å². The van der Waals surface area contributed by atoms with Crippen LogP contribution in [-0.4, -0.2) is 73.0 Å². The summed E-state index contributed by atoms with van der Waals surface area (Å²) in [4.78, 5) is 43.5. The Labute approximate surface area is 241 Å². The first kappa shape index (κ1) is 30.2. The van der Waals surface area contributed by atoms with Crippen LogP contribution in [0, 0.1) is 11.8 Å². The lowest BCUT2D eigenvalue weighted by atomic mass is 10.0. The molecule has 1 aromatic heterocycles. The molecule has 2 aromatic rings. The van der Waals surface area contributed by atoms with E-state index in [0.29, 0.717) is 61.8 Å². The number of hydrogen-bond acceptors (Lipinski definition) is 6. The van der Waals surface area contributed by atoms with E-state index >= 15 is 0 Å². The average molecular weight is 589 g/mol.